The Balaban J connectivity index is 1.69. The van der Waals surface area contributed by atoms with Crippen molar-refractivity contribution < 1.29 is 4.79 Å². The minimum absolute atomic E-state index is 0.117. The third kappa shape index (κ3) is 2.11. The second-order valence-corrected chi connectivity index (χ2v) is 4.31. The van der Waals surface area contributed by atoms with Crippen molar-refractivity contribution in [1.82, 2.24) is 24.3 Å². The highest BCUT2D eigenvalue weighted by molar-refractivity contribution is 5.89. The number of hydrogen-bond acceptors (Lipinski definition) is 4. The van der Waals surface area contributed by atoms with Crippen LogP contribution in [0, 0.1) is 0 Å². The maximum atomic E-state index is 11.8. The number of aryl methyl sites for hydroxylation is 1. The van der Waals surface area contributed by atoms with Crippen molar-refractivity contribution in [2.45, 2.75) is 32.4 Å². The lowest BCUT2D eigenvalue weighted by Crippen LogP contribution is -2.22. The minimum atomic E-state index is -0.117. The number of imidazole rings is 1. The van der Waals surface area contributed by atoms with Gasteiger partial charge in [-0.1, -0.05) is 0 Å². The molecule has 3 rings (SSSR count). The van der Waals surface area contributed by atoms with Crippen LogP contribution in [0.25, 0.3) is 0 Å². The zero-order chi connectivity index (χ0) is 12.4. The van der Waals surface area contributed by atoms with Crippen LogP contribution in [0.4, 0.5) is 5.82 Å². The number of fused-ring (bicyclic) bond motifs is 1. The molecule has 0 aromatic carbocycles. The van der Waals surface area contributed by atoms with E-state index in [1.807, 2.05) is 0 Å². The first-order valence-corrected chi connectivity index (χ1v) is 5.99. The van der Waals surface area contributed by atoms with Gasteiger partial charge in [0.1, 0.15) is 30.8 Å². The number of carbonyl (C=O) groups excluding carboxylic acids is 1. The fourth-order valence-corrected chi connectivity index (χ4v) is 2.16. The van der Waals surface area contributed by atoms with Gasteiger partial charge in [-0.2, -0.15) is 5.10 Å². The Bertz CT molecular complexity index is 544. The Labute approximate surface area is 104 Å². The number of nitrogens with one attached hydrogen (secondary N) is 1. The maximum absolute atomic E-state index is 11.8. The Morgan fingerprint density at radius 1 is 1.44 bits per heavy atom. The number of aromatic nitrogens is 5. The lowest BCUT2D eigenvalue weighted by Gasteiger charge is -2.16. The molecule has 0 fully saturated rings. The summed E-state index contributed by atoms with van der Waals surface area (Å²) in [6, 6.07) is 0. The van der Waals surface area contributed by atoms with E-state index in [0.717, 1.165) is 31.0 Å². The molecule has 0 radical (unpaired) electrons. The number of anilines is 1. The predicted molar refractivity (Wildman–Crippen MR) is 63.8 cm³/mol. The molecule has 0 bridgehead atoms. The number of amides is 1. The van der Waals surface area contributed by atoms with Gasteiger partial charge in [0.15, 0.2) is 0 Å². The summed E-state index contributed by atoms with van der Waals surface area (Å²) in [6.07, 6.45) is 7.94. The summed E-state index contributed by atoms with van der Waals surface area (Å²) in [4.78, 5) is 19.9. The van der Waals surface area contributed by atoms with Crippen molar-refractivity contribution >= 4 is 11.7 Å². The smallest absolute Gasteiger partial charge is 0.247 e. The molecular formula is C11H14N6O. The van der Waals surface area contributed by atoms with E-state index in [1.165, 1.54) is 23.8 Å². The number of nitrogens with zero attached hydrogens (tertiary/aromatic N) is 5. The number of rotatable bonds is 3. The van der Waals surface area contributed by atoms with Gasteiger partial charge in [0.25, 0.3) is 0 Å². The van der Waals surface area contributed by atoms with Gasteiger partial charge in [-0.15, -0.1) is 0 Å². The maximum Gasteiger partial charge on any atom is 0.247 e. The van der Waals surface area contributed by atoms with Crippen molar-refractivity contribution in [2.75, 3.05) is 5.32 Å². The average Bonchev–Trinajstić information content (AvgIpc) is 3.00. The minimum Gasteiger partial charge on any atom is -0.315 e. The Morgan fingerprint density at radius 3 is 3.22 bits per heavy atom. The van der Waals surface area contributed by atoms with Gasteiger partial charge >= 0.3 is 0 Å². The first-order chi connectivity index (χ1) is 8.83. The zero-order valence-electron chi connectivity index (χ0n) is 9.91. The first-order valence-electron chi connectivity index (χ1n) is 5.99. The second kappa shape index (κ2) is 4.59. The molecule has 0 saturated carbocycles. The molecular weight excluding hydrogens is 232 g/mol. The van der Waals surface area contributed by atoms with E-state index in [9.17, 15) is 4.79 Å². The third-order valence-electron chi connectivity index (χ3n) is 3.01. The van der Waals surface area contributed by atoms with Gasteiger partial charge < -0.3 is 9.88 Å². The van der Waals surface area contributed by atoms with Crippen molar-refractivity contribution in [3.63, 3.8) is 0 Å². The average molecular weight is 246 g/mol. The summed E-state index contributed by atoms with van der Waals surface area (Å²) in [5.41, 5.74) is 0. The highest BCUT2D eigenvalue weighted by atomic mass is 16.2. The molecule has 0 atom stereocenters. The predicted octanol–water partition coefficient (Wildman–Crippen LogP) is 0.450. The van der Waals surface area contributed by atoms with Crippen LogP contribution in [-0.4, -0.2) is 30.2 Å². The molecule has 0 spiro atoms. The molecule has 1 N–H and O–H groups in total. The lowest BCUT2D eigenvalue weighted by atomic mass is 10.2. The van der Waals surface area contributed by atoms with Gasteiger partial charge in [-0.3, -0.25) is 4.79 Å². The Morgan fingerprint density at radius 2 is 2.39 bits per heavy atom. The van der Waals surface area contributed by atoms with Crippen LogP contribution in [0.3, 0.4) is 0 Å². The standard InChI is InChI=1S/C11H14N6O/c18-11(6-16-8-12-7-14-16)15-10-5-13-9-3-1-2-4-17(9)10/h5,7-8H,1-4,6H2,(H,15,18). The molecule has 1 aliphatic rings. The largest absolute Gasteiger partial charge is 0.315 e. The van der Waals surface area contributed by atoms with Gasteiger partial charge in [0.2, 0.25) is 5.91 Å². The van der Waals surface area contributed by atoms with E-state index < -0.39 is 0 Å². The summed E-state index contributed by atoms with van der Waals surface area (Å²) in [6.45, 7) is 1.09. The van der Waals surface area contributed by atoms with E-state index in [0.29, 0.717) is 0 Å². The van der Waals surface area contributed by atoms with Crippen LogP contribution in [0.1, 0.15) is 18.7 Å². The molecule has 0 saturated heterocycles. The molecule has 0 aliphatic carbocycles. The molecule has 0 unspecified atom stereocenters. The van der Waals surface area contributed by atoms with E-state index in [1.54, 1.807) is 6.20 Å². The summed E-state index contributed by atoms with van der Waals surface area (Å²) < 4.78 is 3.56. The van der Waals surface area contributed by atoms with Crippen molar-refractivity contribution in [1.29, 1.82) is 0 Å². The van der Waals surface area contributed by atoms with E-state index in [4.69, 9.17) is 0 Å². The molecule has 2 aromatic heterocycles. The molecule has 7 heteroatoms. The zero-order valence-corrected chi connectivity index (χ0v) is 9.91. The van der Waals surface area contributed by atoms with Crippen LogP contribution in [-0.2, 0) is 24.3 Å². The summed E-state index contributed by atoms with van der Waals surface area (Å²) in [5.74, 6) is 1.71. The van der Waals surface area contributed by atoms with Crippen molar-refractivity contribution in [3.05, 3.63) is 24.7 Å². The number of carbonyl (C=O) groups is 1. The van der Waals surface area contributed by atoms with E-state index >= 15 is 0 Å². The fraction of sp³-hybridized carbons (Fsp3) is 0.455. The van der Waals surface area contributed by atoms with Crippen molar-refractivity contribution in [2.24, 2.45) is 0 Å². The van der Waals surface area contributed by atoms with Crippen LogP contribution in [0.15, 0.2) is 18.9 Å². The first kappa shape index (κ1) is 10.9. The Hall–Kier alpha value is -2.18. The topological polar surface area (TPSA) is 77.6 Å². The molecule has 18 heavy (non-hydrogen) atoms. The highest BCUT2D eigenvalue weighted by Crippen LogP contribution is 2.19. The summed E-state index contributed by atoms with van der Waals surface area (Å²) >= 11 is 0. The van der Waals surface area contributed by atoms with Gasteiger partial charge in [-0.25, -0.2) is 14.6 Å². The van der Waals surface area contributed by atoms with E-state index in [2.05, 4.69) is 25.0 Å². The van der Waals surface area contributed by atoms with Gasteiger partial charge in [0.05, 0.1) is 6.20 Å². The van der Waals surface area contributed by atoms with Crippen LogP contribution >= 0.6 is 0 Å². The molecule has 3 heterocycles. The molecule has 2 aromatic rings. The molecule has 1 amide bonds. The summed E-state index contributed by atoms with van der Waals surface area (Å²) in [7, 11) is 0. The quantitative estimate of drug-likeness (QED) is 0.853. The fourth-order valence-electron chi connectivity index (χ4n) is 2.16. The van der Waals surface area contributed by atoms with Gasteiger partial charge in [-0.05, 0) is 12.8 Å². The van der Waals surface area contributed by atoms with Crippen LogP contribution in [0.5, 0.6) is 0 Å². The van der Waals surface area contributed by atoms with Gasteiger partial charge in [0, 0.05) is 13.0 Å². The lowest BCUT2D eigenvalue weighted by molar-refractivity contribution is -0.116. The van der Waals surface area contributed by atoms with E-state index in [-0.39, 0.29) is 12.5 Å². The molecule has 7 nitrogen and oxygen atoms in total. The molecule has 94 valence electrons. The van der Waals surface area contributed by atoms with Crippen molar-refractivity contribution in [3.8, 4) is 0 Å². The third-order valence-corrected chi connectivity index (χ3v) is 3.01. The normalized spacial score (nSPS) is 14.2. The molecule has 1 aliphatic heterocycles. The Kier molecular flexibility index (Phi) is 2.79. The number of hydrogen-bond donors (Lipinski definition) is 1. The summed E-state index contributed by atoms with van der Waals surface area (Å²) in [5, 5.41) is 6.76. The van der Waals surface area contributed by atoms with Crippen LogP contribution in [0.2, 0.25) is 0 Å². The highest BCUT2D eigenvalue weighted by Gasteiger charge is 2.15. The SMILES string of the molecule is O=C(Cn1cncn1)Nc1cnc2n1CCCC2. The van der Waals surface area contributed by atoms with Crippen LogP contribution < -0.4 is 5.32 Å². The monoisotopic (exact) mass is 246 g/mol. The second-order valence-electron chi connectivity index (χ2n) is 4.31.